The van der Waals surface area contributed by atoms with Gasteiger partial charge in [-0.25, -0.2) is 4.79 Å². The summed E-state index contributed by atoms with van der Waals surface area (Å²) in [5.74, 6) is 3.05. The van der Waals surface area contributed by atoms with Crippen molar-refractivity contribution in [3.63, 3.8) is 0 Å². The van der Waals surface area contributed by atoms with E-state index in [0.29, 0.717) is 23.4 Å². The SMILES string of the molecule is NCC1CCC(n2cc3c(nc2=O)Nc2cc(C4CCNCC4)ccc2O3)CC1. The van der Waals surface area contributed by atoms with E-state index in [2.05, 4.69) is 27.8 Å². The van der Waals surface area contributed by atoms with Crippen molar-refractivity contribution in [3.05, 3.63) is 40.4 Å². The number of benzene rings is 1. The molecule has 4 N–H and O–H groups in total. The van der Waals surface area contributed by atoms with E-state index >= 15 is 0 Å². The second kappa shape index (κ2) is 7.80. The fourth-order valence-corrected chi connectivity index (χ4v) is 4.93. The van der Waals surface area contributed by atoms with E-state index in [-0.39, 0.29) is 11.7 Å². The van der Waals surface area contributed by atoms with Crippen molar-refractivity contribution in [2.75, 3.05) is 25.0 Å². The Morgan fingerprint density at radius 2 is 1.90 bits per heavy atom. The molecule has 1 saturated heterocycles. The number of hydrogen-bond acceptors (Lipinski definition) is 6. The van der Waals surface area contributed by atoms with Crippen molar-refractivity contribution < 1.29 is 4.74 Å². The molecule has 0 amide bonds. The Bertz CT molecular complexity index is 943. The average Bonchev–Trinajstić information content (AvgIpc) is 2.78. The van der Waals surface area contributed by atoms with Crippen molar-refractivity contribution in [1.29, 1.82) is 0 Å². The van der Waals surface area contributed by atoms with Gasteiger partial charge in [-0.3, -0.25) is 4.57 Å². The van der Waals surface area contributed by atoms with Crippen LogP contribution in [0.4, 0.5) is 11.5 Å². The van der Waals surface area contributed by atoms with E-state index in [4.69, 9.17) is 10.5 Å². The molecule has 5 rings (SSSR count). The van der Waals surface area contributed by atoms with Crippen molar-refractivity contribution >= 4 is 11.5 Å². The summed E-state index contributed by atoms with van der Waals surface area (Å²) >= 11 is 0. The molecule has 0 atom stereocenters. The van der Waals surface area contributed by atoms with E-state index < -0.39 is 0 Å². The van der Waals surface area contributed by atoms with Gasteiger partial charge in [0.1, 0.15) is 0 Å². The Kier molecular flexibility index (Phi) is 5.01. The summed E-state index contributed by atoms with van der Waals surface area (Å²) in [5.41, 5.74) is 7.79. The largest absolute Gasteiger partial charge is 0.450 e. The highest BCUT2D eigenvalue weighted by Crippen LogP contribution is 2.42. The number of nitrogens with zero attached hydrogens (tertiary/aromatic N) is 2. The van der Waals surface area contributed by atoms with Crippen LogP contribution in [0.5, 0.6) is 11.5 Å². The molecule has 3 heterocycles. The van der Waals surface area contributed by atoms with Gasteiger partial charge in [0.15, 0.2) is 17.3 Å². The predicted octanol–water partition coefficient (Wildman–Crippen LogP) is 3.25. The first-order valence-corrected chi connectivity index (χ1v) is 10.8. The molecule has 0 unspecified atom stereocenters. The molecule has 0 bridgehead atoms. The number of ether oxygens (including phenoxy) is 1. The maximum absolute atomic E-state index is 12.7. The van der Waals surface area contributed by atoms with Gasteiger partial charge in [0.25, 0.3) is 0 Å². The first-order chi connectivity index (χ1) is 14.2. The van der Waals surface area contributed by atoms with Crippen LogP contribution in [0.3, 0.4) is 0 Å². The van der Waals surface area contributed by atoms with E-state index in [1.54, 1.807) is 4.57 Å². The lowest BCUT2D eigenvalue weighted by molar-refractivity contribution is 0.271. The van der Waals surface area contributed by atoms with Gasteiger partial charge in [-0.2, -0.15) is 4.98 Å². The molecule has 1 aliphatic carbocycles. The zero-order chi connectivity index (χ0) is 19.8. The fraction of sp³-hybridized carbons (Fsp3) is 0.545. The second-order valence-corrected chi connectivity index (χ2v) is 8.56. The minimum absolute atomic E-state index is 0.176. The zero-order valence-corrected chi connectivity index (χ0v) is 16.7. The molecule has 1 aromatic heterocycles. The summed E-state index contributed by atoms with van der Waals surface area (Å²) in [6.45, 7) is 2.85. The smallest absolute Gasteiger partial charge is 0.350 e. The number of nitrogens with one attached hydrogen (secondary N) is 2. The minimum Gasteiger partial charge on any atom is -0.450 e. The predicted molar refractivity (Wildman–Crippen MR) is 113 cm³/mol. The lowest BCUT2D eigenvalue weighted by atomic mass is 9.86. The molecule has 1 saturated carbocycles. The molecule has 7 heteroatoms. The van der Waals surface area contributed by atoms with Gasteiger partial charge in [-0.05, 0) is 87.7 Å². The Morgan fingerprint density at radius 3 is 2.66 bits per heavy atom. The van der Waals surface area contributed by atoms with E-state index in [9.17, 15) is 4.79 Å². The highest BCUT2D eigenvalue weighted by atomic mass is 16.5. The Morgan fingerprint density at radius 1 is 1.10 bits per heavy atom. The highest BCUT2D eigenvalue weighted by molar-refractivity contribution is 5.73. The molecule has 2 fully saturated rings. The summed E-state index contributed by atoms with van der Waals surface area (Å²) in [7, 11) is 0. The maximum atomic E-state index is 12.7. The van der Waals surface area contributed by atoms with Gasteiger partial charge in [0.05, 0.1) is 11.9 Å². The average molecular weight is 396 g/mol. The van der Waals surface area contributed by atoms with Gasteiger partial charge in [0.2, 0.25) is 0 Å². The molecule has 2 aliphatic heterocycles. The number of piperidine rings is 1. The van der Waals surface area contributed by atoms with Crippen LogP contribution in [0.1, 0.15) is 56.0 Å². The molecule has 7 nitrogen and oxygen atoms in total. The van der Waals surface area contributed by atoms with Crippen LogP contribution in [0.25, 0.3) is 0 Å². The van der Waals surface area contributed by atoms with Crippen molar-refractivity contribution in [1.82, 2.24) is 14.9 Å². The second-order valence-electron chi connectivity index (χ2n) is 8.56. The van der Waals surface area contributed by atoms with Crippen molar-refractivity contribution in [3.8, 4) is 11.5 Å². The van der Waals surface area contributed by atoms with Crippen LogP contribution in [0.15, 0.2) is 29.2 Å². The van der Waals surface area contributed by atoms with E-state index in [0.717, 1.165) is 69.6 Å². The number of hydrogen-bond donors (Lipinski definition) is 3. The number of nitrogens with two attached hydrogens (primary N) is 1. The molecule has 3 aliphatic rings. The van der Waals surface area contributed by atoms with Gasteiger partial charge in [0, 0.05) is 6.04 Å². The molecule has 0 radical (unpaired) electrons. The molecule has 29 heavy (non-hydrogen) atoms. The van der Waals surface area contributed by atoms with Crippen LogP contribution in [-0.4, -0.2) is 29.2 Å². The summed E-state index contributed by atoms with van der Waals surface area (Å²) in [4.78, 5) is 17.0. The number of fused-ring (bicyclic) bond motifs is 2. The summed E-state index contributed by atoms with van der Waals surface area (Å²) in [6, 6.07) is 6.52. The van der Waals surface area contributed by atoms with E-state index in [1.807, 2.05) is 12.3 Å². The Labute approximate surface area is 170 Å². The third-order valence-electron chi connectivity index (χ3n) is 6.75. The fourth-order valence-electron chi connectivity index (χ4n) is 4.93. The lowest BCUT2D eigenvalue weighted by Crippen LogP contribution is -2.31. The molecule has 154 valence electrons. The molecular formula is C22H29N5O2. The standard InChI is InChI=1S/C22H29N5O2/c23-12-14-1-4-17(5-2-14)27-13-20-21(26-22(27)28)25-18-11-16(3-6-19(18)29-20)15-7-9-24-10-8-15/h3,6,11,13-15,17,24H,1-2,4-5,7-10,12,23H2,(H,25,26,28). The number of anilines is 2. The summed E-state index contributed by atoms with van der Waals surface area (Å²) in [6.07, 6.45) is 8.17. The summed E-state index contributed by atoms with van der Waals surface area (Å²) in [5, 5.41) is 6.74. The Hall–Kier alpha value is -2.38. The third-order valence-corrected chi connectivity index (χ3v) is 6.75. The molecule has 1 aromatic carbocycles. The van der Waals surface area contributed by atoms with Gasteiger partial charge in [-0.15, -0.1) is 0 Å². The first kappa shape index (κ1) is 18.6. The zero-order valence-electron chi connectivity index (χ0n) is 16.7. The van der Waals surface area contributed by atoms with Crippen molar-refractivity contribution in [2.45, 2.75) is 50.5 Å². The van der Waals surface area contributed by atoms with Crippen LogP contribution in [0, 0.1) is 5.92 Å². The highest BCUT2D eigenvalue weighted by Gasteiger charge is 2.26. The molecule has 0 spiro atoms. The van der Waals surface area contributed by atoms with Crippen LogP contribution in [0.2, 0.25) is 0 Å². The monoisotopic (exact) mass is 395 g/mol. The summed E-state index contributed by atoms with van der Waals surface area (Å²) < 4.78 is 7.88. The van der Waals surface area contributed by atoms with Gasteiger partial charge >= 0.3 is 5.69 Å². The quantitative estimate of drug-likeness (QED) is 0.630. The van der Waals surface area contributed by atoms with Crippen LogP contribution < -0.4 is 26.8 Å². The van der Waals surface area contributed by atoms with Crippen LogP contribution in [-0.2, 0) is 0 Å². The molecule has 2 aromatic rings. The maximum Gasteiger partial charge on any atom is 0.350 e. The Balaban J connectivity index is 1.38. The van der Waals surface area contributed by atoms with Gasteiger partial charge in [-0.1, -0.05) is 6.07 Å². The number of rotatable bonds is 3. The lowest BCUT2D eigenvalue weighted by Gasteiger charge is -2.30. The first-order valence-electron chi connectivity index (χ1n) is 10.8. The van der Waals surface area contributed by atoms with E-state index in [1.165, 1.54) is 5.56 Å². The number of aromatic nitrogens is 2. The minimum atomic E-state index is -0.214. The van der Waals surface area contributed by atoms with Crippen LogP contribution >= 0.6 is 0 Å². The third kappa shape index (κ3) is 3.65. The topological polar surface area (TPSA) is 94.2 Å². The molecular weight excluding hydrogens is 366 g/mol. The normalized spacial score (nSPS) is 24.2. The van der Waals surface area contributed by atoms with Crippen molar-refractivity contribution in [2.24, 2.45) is 11.7 Å². The van der Waals surface area contributed by atoms with Gasteiger partial charge < -0.3 is 21.1 Å².